The molecule has 0 spiro atoms. The Morgan fingerprint density at radius 3 is 2.18 bits per heavy atom. The molecule has 6 heteroatoms. The standard InChI is InChI=1S/C11H17BClNO2S/c1-10(2)11(3,4)16-12(15-10)9(14)7-5-6-8(13)17-7/h5-6,9H,14H2,1-4H3/t9-/m0/s1. The maximum atomic E-state index is 6.16. The average Bonchev–Trinajstić information content (AvgIpc) is 2.69. The van der Waals surface area contributed by atoms with Crippen molar-refractivity contribution in [3.8, 4) is 0 Å². The minimum absolute atomic E-state index is 0.298. The first-order chi connectivity index (χ1) is 7.73. The summed E-state index contributed by atoms with van der Waals surface area (Å²) in [6, 6.07) is 3.76. The van der Waals surface area contributed by atoms with Gasteiger partial charge in [0.2, 0.25) is 0 Å². The molecule has 1 aromatic heterocycles. The molecule has 0 radical (unpaired) electrons. The lowest BCUT2D eigenvalue weighted by atomic mass is 9.78. The maximum Gasteiger partial charge on any atom is 0.481 e. The molecule has 94 valence electrons. The predicted molar refractivity (Wildman–Crippen MR) is 72.3 cm³/mol. The van der Waals surface area contributed by atoms with Crippen molar-refractivity contribution in [2.45, 2.75) is 44.8 Å². The van der Waals surface area contributed by atoms with E-state index in [0.717, 1.165) is 9.21 Å². The summed E-state index contributed by atoms with van der Waals surface area (Å²) in [6.07, 6.45) is 0. The SMILES string of the molecule is CC1(C)OB([C@@H](N)c2ccc(Cl)s2)OC1(C)C. The normalized spacial score (nSPS) is 24.0. The monoisotopic (exact) mass is 273 g/mol. The fourth-order valence-electron chi connectivity index (χ4n) is 1.68. The zero-order chi connectivity index (χ0) is 12.8. The molecule has 1 aliphatic rings. The summed E-state index contributed by atoms with van der Waals surface area (Å²) >= 11 is 7.37. The van der Waals surface area contributed by atoms with Gasteiger partial charge in [-0.25, -0.2) is 0 Å². The second kappa shape index (κ2) is 4.25. The first kappa shape index (κ1) is 13.4. The van der Waals surface area contributed by atoms with E-state index in [1.807, 2.05) is 39.8 Å². The quantitative estimate of drug-likeness (QED) is 0.843. The minimum atomic E-state index is -0.422. The van der Waals surface area contributed by atoms with Crippen LogP contribution in [0.4, 0.5) is 0 Å². The molecular formula is C11H17BClNO2S. The zero-order valence-corrected chi connectivity index (χ0v) is 12.1. The molecule has 17 heavy (non-hydrogen) atoms. The fourth-order valence-corrected chi connectivity index (χ4v) is 2.75. The lowest BCUT2D eigenvalue weighted by molar-refractivity contribution is 0.00578. The number of hydrogen-bond donors (Lipinski definition) is 1. The van der Waals surface area contributed by atoms with E-state index in [0.29, 0.717) is 0 Å². The van der Waals surface area contributed by atoms with Crippen LogP contribution in [0.1, 0.15) is 38.5 Å². The van der Waals surface area contributed by atoms with Crippen molar-refractivity contribution in [1.29, 1.82) is 0 Å². The van der Waals surface area contributed by atoms with E-state index in [2.05, 4.69) is 0 Å². The lowest BCUT2D eigenvalue weighted by Gasteiger charge is -2.32. The van der Waals surface area contributed by atoms with Crippen molar-refractivity contribution >= 4 is 30.1 Å². The molecule has 1 aliphatic heterocycles. The van der Waals surface area contributed by atoms with Crippen molar-refractivity contribution in [1.82, 2.24) is 0 Å². The average molecular weight is 274 g/mol. The van der Waals surface area contributed by atoms with E-state index in [-0.39, 0.29) is 17.1 Å². The van der Waals surface area contributed by atoms with E-state index < -0.39 is 7.12 Å². The van der Waals surface area contributed by atoms with Gasteiger partial charge in [0.1, 0.15) is 0 Å². The van der Waals surface area contributed by atoms with Crippen LogP contribution in [0.5, 0.6) is 0 Å². The van der Waals surface area contributed by atoms with Crippen LogP contribution in [0.3, 0.4) is 0 Å². The Morgan fingerprint density at radius 1 is 1.24 bits per heavy atom. The summed E-state index contributed by atoms with van der Waals surface area (Å²) in [4.78, 5) is 0.980. The van der Waals surface area contributed by atoms with Crippen LogP contribution in [0.15, 0.2) is 12.1 Å². The third-order valence-corrected chi connectivity index (χ3v) is 4.82. The number of nitrogens with two attached hydrogens (primary N) is 1. The summed E-state index contributed by atoms with van der Waals surface area (Å²) in [5.41, 5.74) is 5.46. The topological polar surface area (TPSA) is 44.5 Å². The van der Waals surface area contributed by atoms with Gasteiger partial charge in [-0.15, -0.1) is 11.3 Å². The van der Waals surface area contributed by atoms with Gasteiger partial charge in [-0.2, -0.15) is 0 Å². The van der Waals surface area contributed by atoms with Crippen molar-refractivity contribution in [3.63, 3.8) is 0 Å². The number of hydrogen-bond acceptors (Lipinski definition) is 4. The van der Waals surface area contributed by atoms with E-state index in [1.54, 1.807) is 0 Å². The van der Waals surface area contributed by atoms with Crippen molar-refractivity contribution in [2.75, 3.05) is 0 Å². The van der Waals surface area contributed by atoms with Crippen molar-refractivity contribution < 1.29 is 9.31 Å². The van der Waals surface area contributed by atoms with Crippen LogP contribution in [0.2, 0.25) is 4.34 Å². The molecule has 1 saturated heterocycles. The first-order valence-corrected chi connectivity index (χ1v) is 6.79. The van der Waals surface area contributed by atoms with Gasteiger partial charge < -0.3 is 15.0 Å². The molecule has 1 fully saturated rings. The molecule has 2 rings (SSSR count). The molecule has 0 bridgehead atoms. The van der Waals surface area contributed by atoms with Gasteiger partial charge in [0.05, 0.1) is 21.5 Å². The molecule has 1 atom stereocenters. The van der Waals surface area contributed by atoms with Crippen LogP contribution in [0.25, 0.3) is 0 Å². The summed E-state index contributed by atoms with van der Waals surface area (Å²) in [5, 5.41) is 0. The highest BCUT2D eigenvalue weighted by molar-refractivity contribution is 7.16. The van der Waals surface area contributed by atoms with Crippen LogP contribution in [-0.4, -0.2) is 18.3 Å². The highest BCUT2D eigenvalue weighted by Gasteiger charge is 2.53. The molecule has 0 aliphatic carbocycles. The van der Waals surface area contributed by atoms with Crippen LogP contribution >= 0.6 is 22.9 Å². The molecular weight excluding hydrogens is 256 g/mol. The Balaban J connectivity index is 2.16. The van der Waals surface area contributed by atoms with E-state index in [4.69, 9.17) is 26.6 Å². The fraction of sp³-hybridized carbons (Fsp3) is 0.636. The summed E-state index contributed by atoms with van der Waals surface area (Å²) < 4.78 is 12.5. The molecule has 2 heterocycles. The van der Waals surface area contributed by atoms with E-state index in [9.17, 15) is 0 Å². The summed E-state index contributed by atoms with van der Waals surface area (Å²) in [6.45, 7) is 8.06. The van der Waals surface area contributed by atoms with Crippen molar-refractivity contribution in [2.24, 2.45) is 5.73 Å². The second-order valence-electron chi connectivity index (χ2n) is 5.29. The van der Waals surface area contributed by atoms with Gasteiger partial charge >= 0.3 is 7.12 Å². The van der Waals surface area contributed by atoms with Gasteiger partial charge in [0.25, 0.3) is 0 Å². The smallest absolute Gasteiger partial charge is 0.402 e. The largest absolute Gasteiger partial charge is 0.481 e. The Morgan fingerprint density at radius 2 is 1.76 bits per heavy atom. The zero-order valence-electron chi connectivity index (χ0n) is 10.5. The highest BCUT2D eigenvalue weighted by Crippen LogP contribution is 2.40. The number of rotatable bonds is 2. The Hall–Kier alpha value is -0.0651. The van der Waals surface area contributed by atoms with Gasteiger partial charge in [0, 0.05) is 4.88 Å². The highest BCUT2D eigenvalue weighted by atomic mass is 35.5. The summed E-state index contributed by atoms with van der Waals surface area (Å²) in [5.74, 6) is -0.298. The van der Waals surface area contributed by atoms with Gasteiger partial charge in [0.15, 0.2) is 0 Å². The molecule has 0 aromatic carbocycles. The van der Waals surface area contributed by atoms with Crippen LogP contribution in [0, 0.1) is 0 Å². The van der Waals surface area contributed by atoms with Gasteiger partial charge in [-0.3, -0.25) is 0 Å². The van der Waals surface area contributed by atoms with Crippen molar-refractivity contribution in [3.05, 3.63) is 21.3 Å². The van der Waals surface area contributed by atoms with Crippen LogP contribution in [-0.2, 0) is 9.31 Å². The third-order valence-electron chi connectivity index (χ3n) is 3.49. The van der Waals surface area contributed by atoms with Gasteiger partial charge in [-0.1, -0.05) is 11.6 Å². The number of halogens is 1. The Labute approximate surface area is 111 Å². The molecule has 3 nitrogen and oxygen atoms in total. The molecule has 0 unspecified atom stereocenters. The Kier molecular flexibility index (Phi) is 3.34. The van der Waals surface area contributed by atoms with Gasteiger partial charge in [-0.05, 0) is 39.8 Å². The summed E-state index contributed by atoms with van der Waals surface area (Å²) in [7, 11) is -0.422. The van der Waals surface area contributed by atoms with E-state index in [1.165, 1.54) is 11.3 Å². The minimum Gasteiger partial charge on any atom is -0.402 e. The molecule has 2 N–H and O–H groups in total. The maximum absolute atomic E-state index is 6.16. The third kappa shape index (κ3) is 2.40. The first-order valence-electron chi connectivity index (χ1n) is 5.59. The molecule has 0 amide bonds. The van der Waals surface area contributed by atoms with Crippen LogP contribution < -0.4 is 5.73 Å². The predicted octanol–water partition coefficient (Wildman–Crippen LogP) is 3.03. The Bertz CT molecular complexity index is 405. The van der Waals surface area contributed by atoms with E-state index >= 15 is 0 Å². The lowest BCUT2D eigenvalue weighted by Crippen LogP contribution is -2.41. The second-order valence-corrected chi connectivity index (χ2v) is 7.04. The molecule has 0 saturated carbocycles. The number of thiophene rings is 1. The molecule has 1 aromatic rings.